The Bertz CT molecular complexity index is 1290. The smallest absolute Gasteiger partial charge is 0.252 e. The molecule has 5 unspecified atom stereocenters. The highest BCUT2D eigenvalue weighted by Gasteiger charge is 2.61. The molecule has 1 amide bonds. The van der Waals surface area contributed by atoms with Gasteiger partial charge in [0.25, 0.3) is 5.56 Å². The van der Waals surface area contributed by atoms with E-state index in [-0.39, 0.29) is 35.4 Å². The third-order valence-corrected chi connectivity index (χ3v) is 9.80. The predicted octanol–water partition coefficient (Wildman–Crippen LogP) is 3.28. The van der Waals surface area contributed by atoms with Crippen LogP contribution in [-0.4, -0.2) is 89.3 Å². The molecule has 1 aromatic heterocycles. The number of hydrogen-bond acceptors (Lipinski definition) is 7. The molecule has 0 bridgehead atoms. The van der Waals surface area contributed by atoms with Crippen LogP contribution in [0.5, 0.6) is 5.75 Å². The fourth-order valence-corrected chi connectivity index (χ4v) is 7.27. The van der Waals surface area contributed by atoms with E-state index in [1.165, 1.54) is 0 Å². The number of aromatic amines is 1. The maximum absolute atomic E-state index is 13.3. The molecule has 1 aromatic carbocycles. The number of ether oxygens (including phenoxy) is 2. The molecule has 5 atom stereocenters. The van der Waals surface area contributed by atoms with E-state index in [9.17, 15) is 9.59 Å². The van der Waals surface area contributed by atoms with Crippen LogP contribution in [0.3, 0.4) is 0 Å². The highest BCUT2D eigenvalue weighted by molar-refractivity contribution is 5.93. The SMILES string of the molecule is CCC1CC(N(Cc2c(C)cc(C)[nH]c2=O)C2(N3CCN(C)CC3)CC(Oc3cccc(C(N)=O)c3)C2C)CCO1. The van der Waals surface area contributed by atoms with Gasteiger partial charge in [-0.05, 0) is 70.0 Å². The monoisotopic (exact) mass is 565 g/mol. The van der Waals surface area contributed by atoms with Crippen molar-refractivity contribution in [2.24, 2.45) is 11.7 Å². The fourth-order valence-electron chi connectivity index (χ4n) is 7.27. The van der Waals surface area contributed by atoms with Crippen LogP contribution in [-0.2, 0) is 11.3 Å². The molecule has 2 saturated heterocycles. The standard InChI is InChI=1S/C32H47N5O4/c1-6-26-18-25(10-15-40-26)37(20-28-21(2)16-22(3)34-31(28)39)32(36-13-11-35(5)12-14-36)19-29(23(32)4)41-27-9-7-8-24(17-27)30(33)38/h7-9,16-17,23,25-26,29H,6,10-15,18-20H2,1-5H3,(H2,33,38)(H,34,39). The quantitative estimate of drug-likeness (QED) is 0.481. The third-order valence-electron chi connectivity index (χ3n) is 9.80. The molecule has 3 N–H and O–H groups in total. The van der Waals surface area contributed by atoms with Gasteiger partial charge in [-0.2, -0.15) is 0 Å². The molecule has 1 saturated carbocycles. The molecule has 9 nitrogen and oxygen atoms in total. The summed E-state index contributed by atoms with van der Waals surface area (Å²) in [6.45, 7) is 13.7. The third kappa shape index (κ3) is 5.95. The molecule has 3 heterocycles. The Balaban J connectivity index is 1.52. The lowest BCUT2D eigenvalue weighted by molar-refractivity contribution is -0.233. The van der Waals surface area contributed by atoms with Crippen LogP contribution in [0.2, 0.25) is 0 Å². The summed E-state index contributed by atoms with van der Waals surface area (Å²) in [4.78, 5) is 35.9. The Labute approximate surface area is 244 Å². The lowest BCUT2D eigenvalue weighted by atomic mass is 9.67. The summed E-state index contributed by atoms with van der Waals surface area (Å²) < 4.78 is 12.7. The Morgan fingerprint density at radius 2 is 1.98 bits per heavy atom. The van der Waals surface area contributed by atoms with E-state index in [1.54, 1.807) is 12.1 Å². The van der Waals surface area contributed by atoms with E-state index in [4.69, 9.17) is 15.2 Å². The van der Waals surface area contributed by atoms with E-state index in [0.717, 1.165) is 75.3 Å². The summed E-state index contributed by atoms with van der Waals surface area (Å²) >= 11 is 0. The van der Waals surface area contributed by atoms with Crippen molar-refractivity contribution in [3.05, 3.63) is 63.1 Å². The summed E-state index contributed by atoms with van der Waals surface area (Å²) in [6, 6.07) is 9.53. The molecule has 0 spiro atoms. The fraction of sp³-hybridized carbons (Fsp3) is 0.625. The minimum atomic E-state index is -0.459. The van der Waals surface area contributed by atoms with Crippen molar-refractivity contribution in [1.82, 2.24) is 19.7 Å². The molecule has 3 fully saturated rings. The molecule has 2 aliphatic heterocycles. The topological polar surface area (TPSA) is 104 Å². The number of amides is 1. The average molecular weight is 566 g/mol. The molecule has 41 heavy (non-hydrogen) atoms. The Kier molecular flexibility index (Phi) is 8.90. The highest BCUT2D eigenvalue weighted by atomic mass is 16.5. The van der Waals surface area contributed by atoms with E-state index in [0.29, 0.717) is 17.9 Å². The Hall–Kier alpha value is -2.72. The summed E-state index contributed by atoms with van der Waals surface area (Å²) in [5, 5.41) is 0. The van der Waals surface area contributed by atoms with Gasteiger partial charge in [0.1, 0.15) is 11.9 Å². The number of nitrogens with two attached hydrogens (primary N) is 1. The van der Waals surface area contributed by atoms with E-state index in [2.05, 4.69) is 53.6 Å². The van der Waals surface area contributed by atoms with Crippen molar-refractivity contribution >= 4 is 5.91 Å². The van der Waals surface area contributed by atoms with Gasteiger partial charge in [0.05, 0.1) is 11.8 Å². The Morgan fingerprint density at radius 3 is 2.63 bits per heavy atom. The van der Waals surface area contributed by atoms with Gasteiger partial charge in [-0.3, -0.25) is 19.4 Å². The number of carbonyl (C=O) groups is 1. The molecule has 1 aliphatic carbocycles. The van der Waals surface area contributed by atoms with Gasteiger partial charge in [-0.15, -0.1) is 0 Å². The first-order chi connectivity index (χ1) is 19.6. The largest absolute Gasteiger partial charge is 0.490 e. The molecular weight excluding hydrogens is 518 g/mol. The summed E-state index contributed by atoms with van der Waals surface area (Å²) in [5.41, 5.74) is 8.49. The second-order valence-corrected chi connectivity index (χ2v) is 12.4. The second kappa shape index (κ2) is 12.3. The van der Waals surface area contributed by atoms with Crippen LogP contribution in [0.15, 0.2) is 35.1 Å². The molecule has 2 aromatic rings. The normalized spacial score (nSPS) is 29.3. The number of H-pyrrole nitrogens is 1. The van der Waals surface area contributed by atoms with E-state index >= 15 is 0 Å². The maximum atomic E-state index is 13.3. The lowest BCUT2D eigenvalue weighted by Crippen LogP contribution is -2.78. The van der Waals surface area contributed by atoms with Gasteiger partial charge in [0.15, 0.2) is 0 Å². The Morgan fingerprint density at radius 1 is 1.22 bits per heavy atom. The van der Waals surface area contributed by atoms with Gasteiger partial charge in [-0.25, -0.2) is 0 Å². The number of rotatable bonds is 9. The minimum absolute atomic E-state index is 0.00294. The number of primary amides is 1. The number of carbonyl (C=O) groups excluding carboxylic acids is 1. The minimum Gasteiger partial charge on any atom is -0.490 e. The number of likely N-dealkylation sites (N-methyl/N-ethyl adjacent to an activating group) is 1. The van der Waals surface area contributed by atoms with Crippen LogP contribution in [0.1, 0.15) is 66.7 Å². The first-order valence-corrected chi connectivity index (χ1v) is 15.2. The molecule has 9 heteroatoms. The number of benzene rings is 1. The van der Waals surface area contributed by atoms with Gasteiger partial charge in [0, 0.05) is 74.5 Å². The summed E-state index contributed by atoms with van der Waals surface area (Å²) in [6.07, 6.45) is 3.88. The van der Waals surface area contributed by atoms with Crippen molar-refractivity contribution in [2.45, 2.75) is 83.8 Å². The molecule has 5 rings (SSSR count). The van der Waals surface area contributed by atoms with Crippen molar-refractivity contribution in [2.75, 3.05) is 39.8 Å². The zero-order chi connectivity index (χ0) is 29.3. The van der Waals surface area contributed by atoms with Crippen LogP contribution < -0.4 is 16.0 Å². The number of nitrogens with one attached hydrogen (secondary N) is 1. The number of hydrogen-bond donors (Lipinski definition) is 2. The first-order valence-electron chi connectivity index (χ1n) is 15.2. The predicted molar refractivity (Wildman–Crippen MR) is 160 cm³/mol. The first kappa shape index (κ1) is 29.8. The van der Waals surface area contributed by atoms with Crippen molar-refractivity contribution in [3.8, 4) is 5.75 Å². The van der Waals surface area contributed by atoms with Crippen molar-refractivity contribution in [1.29, 1.82) is 0 Å². The molecule has 224 valence electrons. The molecule has 0 radical (unpaired) electrons. The zero-order valence-corrected chi connectivity index (χ0v) is 25.3. The number of aryl methyl sites for hydroxylation is 2. The maximum Gasteiger partial charge on any atom is 0.252 e. The number of pyridine rings is 1. The van der Waals surface area contributed by atoms with Crippen LogP contribution >= 0.6 is 0 Å². The van der Waals surface area contributed by atoms with Crippen LogP contribution in [0.25, 0.3) is 0 Å². The summed E-state index contributed by atoms with van der Waals surface area (Å²) in [7, 11) is 2.18. The van der Waals surface area contributed by atoms with E-state index < -0.39 is 5.91 Å². The summed E-state index contributed by atoms with van der Waals surface area (Å²) in [5.74, 6) is 0.370. The van der Waals surface area contributed by atoms with Crippen LogP contribution in [0, 0.1) is 19.8 Å². The zero-order valence-electron chi connectivity index (χ0n) is 25.3. The van der Waals surface area contributed by atoms with Crippen molar-refractivity contribution < 1.29 is 14.3 Å². The number of piperazine rings is 1. The van der Waals surface area contributed by atoms with Gasteiger partial charge < -0.3 is 25.1 Å². The number of aromatic nitrogens is 1. The highest BCUT2D eigenvalue weighted by Crippen LogP contribution is 2.50. The number of nitrogens with zero attached hydrogens (tertiary/aromatic N) is 3. The molecule has 3 aliphatic rings. The lowest BCUT2D eigenvalue weighted by Gasteiger charge is -2.66. The second-order valence-electron chi connectivity index (χ2n) is 12.4. The van der Waals surface area contributed by atoms with Gasteiger partial charge in [0.2, 0.25) is 5.91 Å². The van der Waals surface area contributed by atoms with Crippen LogP contribution in [0.4, 0.5) is 0 Å². The van der Waals surface area contributed by atoms with E-state index in [1.807, 2.05) is 19.1 Å². The molecular formula is C32H47N5O4. The van der Waals surface area contributed by atoms with Crippen molar-refractivity contribution in [3.63, 3.8) is 0 Å². The van der Waals surface area contributed by atoms with Gasteiger partial charge in [-0.1, -0.05) is 19.9 Å². The average Bonchev–Trinajstić information content (AvgIpc) is 2.95. The van der Waals surface area contributed by atoms with Gasteiger partial charge >= 0.3 is 0 Å².